The Morgan fingerprint density at radius 2 is 1.89 bits per heavy atom. The number of benzene rings is 1. The van der Waals surface area contributed by atoms with Crippen LogP contribution in [0.5, 0.6) is 5.75 Å². The van der Waals surface area contributed by atoms with Crippen LogP contribution in [-0.4, -0.2) is 50.2 Å². The quantitative estimate of drug-likeness (QED) is 0.850. The van der Waals surface area contributed by atoms with Crippen molar-refractivity contribution in [2.45, 2.75) is 26.3 Å². The van der Waals surface area contributed by atoms with Gasteiger partial charge in [0, 0.05) is 38.4 Å². The Balaban J connectivity index is 1.66. The summed E-state index contributed by atoms with van der Waals surface area (Å²) >= 11 is 0. The number of nitrogens with one attached hydrogen (secondary N) is 1. The third-order valence-corrected chi connectivity index (χ3v) is 5.05. The van der Waals surface area contributed by atoms with Crippen LogP contribution in [0.3, 0.4) is 0 Å². The molecule has 144 valence electrons. The first kappa shape index (κ1) is 19.0. The number of anilines is 2. The van der Waals surface area contributed by atoms with Gasteiger partial charge in [-0.2, -0.15) is 0 Å². The van der Waals surface area contributed by atoms with Crippen molar-refractivity contribution in [2.24, 2.45) is 0 Å². The van der Waals surface area contributed by atoms with E-state index in [0.29, 0.717) is 5.56 Å². The molecule has 0 bridgehead atoms. The molecule has 27 heavy (non-hydrogen) atoms. The van der Waals surface area contributed by atoms with Crippen LogP contribution < -0.4 is 19.9 Å². The Bertz CT molecular complexity index is 772. The zero-order valence-electron chi connectivity index (χ0n) is 16.3. The summed E-state index contributed by atoms with van der Waals surface area (Å²) < 4.78 is 5.48. The molecule has 1 unspecified atom stereocenters. The van der Waals surface area contributed by atoms with E-state index in [9.17, 15) is 4.79 Å². The van der Waals surface area contributed by atoms with E-state index in [1.807, 2.05) is 37.4 Å². The molecular formula is C21H28N4O2. The van der Waals surface area contributed by atoms with Crippen LogP contribution in [0, 0.1) is 0 Å². The number of amides is 1. The summed E-state index contributed by atoms with van der Waals surface area (Å²) in [5.74, 6) is 0.836. The highest BCUT2D eigenvalue weighted by atomic mass is 16.5. The molecule has 1 N–H and O–H groups in total. The van der Waals surface area contributed by atoms with Crippen LogP contribution in [0.15, 0.2) is 42.7 Å². The van der Waals surface area contributed by atoms with Gasteiger partial charge in [0.1, 0.15) is 5.75 Å². The topological polar surface area (TPSA) is 57.7 Å². The average Bonchev–Trinajstić information content (AvgIpc) is 2.73. The van der Waals surface area contributed by atoms with E-state index in [1.165, 1.54) is 0 Å². The van der Waals surface area contributed by atoms with Gasteiger partial charge in [-0.1, -0.05) is 19.1 Å². The molecule has 0 spiro atoms. The van der Waals surface area contributed by atoms with Crippen molar-refractivity contribution >= 4 is 17.3 Å². The first-order chi connectivity index (χ1) is 13.1. The fourth-order valence-corrected chi connectivity index (χ4v) is 3.23. The van der Waals surface area contributed by atoms with Gasteiger partial charge in [-0.3, -0.25) is 9.78 Å². The molecule has 0 aliphatic carbocycles. The van der Waals surface area contributed by atoms with Crippen molar-refractivity contribution in [1.82, 2.24) is 10.3 Å². The second-order valence-electron chi connectivity index (χ2n) is 6.86. The predicted molar refractivity (Wildman–Crippen MR) is 109 cm³/mol. The van der Waals surface area contributed by atoms with E-state index in [-0.39, 0.29) is 11.9 Å². The molecular weight excluding hydrogens is 340 g/mol. The molecule has 1 saturated heterocycles. The summed E-state index contributed by atoms with van der Waals surface area (Å²) in [6.45, 7) is 7.59. The summed E-state index contributed by atoms with van der Waals surface area (Å²) in [6, 6.07) is 10.2. The summed E-state index contributed by atoms with van der Waals surface area (Å²) in [4.78, 5) is 21.3. The summed E-state index contributed by atoms with van der Waals surface area (Å²) in [7, 11) is 1.71. The fourth-order valence-electron chi connectivity index (χ4n) is 3.23. The van der Waals surface area contributed by atoms with Crippen molar-refractivity contribution in [3.05, 3.63) is 48.3 Å². The molecule has 1 fully saturated rings. The number of piperazine rings is 1. The number of hydrogen-bond acceptors (Lipinski definition) is 5. The Morgan fingerprint density at radius 1 is 1.19 bits per heavy atom. The molecule has 6 nitrogen and oxygen atoms in total. The van der Waals surface area contributed by atoms with Gasteiger partial charge in [-0.05, 0) is 31.5 Å². The lowest BCUT2D eigenvalue weighted by Crippen LogP contribution is -2.46. The zero-order chi connectivity index (χ0) is 19.2. The Kier molecular flexibility index (Phi) is 6.16. The third-order valence-electron chi connectivity index (χ3n) is 5.05. The number of nitrogens with zero attached hydrogens (tertiary/aromatic N) is 3. The van der Waals surface area contributed by atoms with Crippen LogP contribution in [0.25, 0.3) is 0 Å². The molecule has 1 aliphatic rings. The van der Waals surface area contributed by atoms with Gasteiger partial charge in [0.05, 0.1) is 30.2 Å². The molecule has 3 rings (SSSR count). The molecule has 1 aromatic carbocycles. The van der Waals surface area contributed by atoms with Crippen molar-refractivity contribution in [2.75, 3.05) is 43.1 Å². The van der Waals surface area contributed by atoms with Crippen LogP contribution in [0.1, 0.15) is 30.6 Å². The maximum atomic E-state index is 12.4. The van der Waals surface area contributed by atoms with Gasteiger partial charge in [-0.25, -0.2) is 0 Å². The molecule has 0 saturated carbocycles. The molecule has 1 aromatic heterocycles. The summed E-state index contributed by atoms with van der Waals surface area (Å²) in [5, 5.41) is 3.00. The number of hydrogen-bond donors (Lipinski definition) is 1. The Labute approximate surface area is 161 Å². The number of methoxy groups -OCH3 is 1. The van der Waals surface area contributed by atoms with Gasteiger partial charge in [0.2, 0.25) is 0 Å². The first-order valence-electron chi connectivity index (χ1n) is 9.51. The predicted octanol–water partition coefficient (Wildman–Crippen LogP) is 2.95. The molecule has 1 atom stereocenters. The number of rotatable bonds is 6. The SMILES string of the molecule is CCC(C)NC(=O)c1cncc(N2CCN(c3ccccc3OC)CC2)c1. The standard InChI is InChI=1S/C21H28N4O2/c1-4-16(2)23-21(26)17-13-18(15-22-14-17)24-9-11-25(12-10-24)19-7-5-6-8-20(19)27-3/h5-8,13-16H,4,9-12H2,1-3H3,(H,23,26). The number of carbonyl (C=O) groups is 1. The highest BCUT2D eigenvalue weighted by molar-refractivity contribution is 5.94. The fraction of sp³-hybridized carbons (Fsp3) is 0.429. The largest absolute Gasteiger partial charge is 0.495 e. The average molecular weight is 368 g/mol. The van der Waals surface area contributed by atoms with Gasteiger partial charge in [0.25, 0.3) is 5.91 Å². The second kappa shape index (κ2) is 8.75. The maximum absolute atomic E-state index is 12.4. The molecule has 6 heteroatoms. The molecule has 0 radical (unpaired) electrons. The normalized spacial score (nSPS) is 15.4. The number of ether oxygens (including phenoxy) is 1. The van der Waals surface area contributed by atoms with Gasteiger partial charge in [0.15, 0.2) is 0 Å². The van der Waals surface area contributed by atoms with E-state index < -0.39 is 0 Å². The minimum absolute atomic E-state index is 0.0636. The Hall–Kier alpha value is -2.76. The minimum Gasteiger partial charge on any atom is -0.495 e. The summed E-state index contributed by atoms with van der Waals surface area (Å²) in [5.41, 5.74) is 2.73. The number of carbonyl (C=O) groups excluding carboxylic acids is 1. The number of para-hydroxylation sites is 2. The number of aromatic nitrogens is 1. The highest BCUT2D eigenvalue weighted by Crippen LogP contribution is 2.29. The Morgan fingerprint density at radius 3 is 2.59 bits per heavy atom. The van der Waals surface area contributed by atoms with Crippen LogP contribution in [0.2, 0.25) is 0 Å². The second-order valence-corrected chi connectivity index (χ2v) is 6.86. The summed E-state index contributed by atoms with van der Waals surface area (Å²) in [6.07, 6.45) is 4.37. The van der Waals surface area contributed by atoms with Crippen molar-refractivity contribution in [1.29, 1.82) is 0 Å². The van der Waals surface area contributed by atoms with E-state index in [0.717, 1.165) is 49.7 Å². The lowest BCUT2D eigenvalue weighted by atomic mass is 10.2. The third kappa shape index (κ3) is 4.51. The van der Waals surface area contributed by atoms with E-state index in [1.54, 1.807) is 13.3 Å². The van der Waals surface area contributed by atoms with Gasteiger partial charge >= 0.3 is 0 Å². The van der Waals surface area contributed by atoms with Crippen molar-refractivity contribution in [3.8, 4) is 5.75 Å². The van der Waals surface area contributed by atoms with Crippen LogP contribution >= 0.6 is 0 Å². The highest BCUT2D eigenvalue weighted by Gasteiger charge is 2.20. The smallest absolute Gasteiger partial charge is 0.253 e. The van der Waals surface area contributed by atoms with E-state index >= 15 is 0 Å². The molecule has 2 aromatic rings. The molecule has 1 amide bonds. The monoisotopic (exact) mass is 368 g/mol. The van der Waals surface area contributed by atoms with E-state index in [2.05, 4.69) is 33.1 Å². The lowest BCUT2D eigenvalue weighted by molar-refractivity contribution is 0.0939. The minimum atomic E-state index is -0.0636. The van der Waals surface area contributed by atoms with E-state index in [4.69, 9.17) is 4.74 Å². The zero-order valence-corrected chi connectivity index (χ0v) is 16.3. The van der Waals surface area contributed by atoms with Crippen LogP contribution in [0.4, 0.5) is 11.4 Å². The molecule has 2 heterocycles. The van der Waals surface area contributed by atoms with Crippen molar-refractivity contribution in [3.63, 3.8) is 0 Å². The van der Waals surface area contributed by atoms with Gasteiger partial charge in [-0.15, -0.1) is 0 Å². The van der Waals surface area contributed by atoms with Gasteiger partial charge < -0.3 is 19.9 Å². The first-order valence-corrected chi connectivity index (χ1v) is 9.51. The molecule has 1 aliphatic heterocycles. The van der Waals surface area contributed by atoms with Crippen molar-refractivity contribution < 1.29 is 9.53 Å². The maximum Gasteiger partial charge on any atom is 0.253 e. The lowest BCUT2D eigenvalue weighted by Gasteiger charge is -2.37. The van der Waals surface area contributed by atoms with Crippen LogP contribution in [-0.2, 0) is 0 Å². The number of pyridine rings is 1.